The van der Waals surface area contributed by atoms with E-state index in [2.05, 4.69) is 0 Å². The van der Waals surface area contributed by atoms with E-state index < -0.39 is 0 Å². The normalized spacial score (nSPS) is 17.9. The first kappa shape index (κ1) is 14.4. The second-order valence-electron chi connectivity index (χ2n) is 4.72. The van der Waals surface area contributed by atoms with Crippen molar-refractivity contribution in [1.82, 2.24) is 0 Å². The van der Waals surface area contributed by atoms with E-state index in [9.17, 15) is 9.59 Å². The second kappa shape index (κ2) is 5.94. The molecule has 20 heavy (non-hydrogen) atoms. The SMILES string of the molecule is COc1ccc(C(=O)C2CCC(=O)C2)c(OC)c1OC. The number of Topliss-reactive ketones (excluding diaryl/α,β-unsaturated/α-hetero) is 2. The van der Waals surface area contributed by atoms with Crippen LogP contribution in [0.25, 0.3) is 0 Å². The number of rotatable bonds is 5. The Hall–Kier alpha value is -2.04. The lowest BCUT2D eigenvalue weighted by molar-refractivity contribution is -0.117. The van der Waals surface area contributed by atoms with Crippen molar-refractivity contribution >= 4 is 11.6 Å². The summed E-state index contributed by atoms with van der Waals surface area (Å²) in [6, 6.07) is 3.33. The molecule has 1 atom stereocenters. The van der Waals surface area contributed by atoms with Gasteiger partial charge < -0.3 is 14.2 Å². The summed E-state index contributed by atoms with van der Waals surface area (Å²) in [5.41, 5.74) is 0.435. The highest BCUT2D eigenvalue weighted by Gasteiger charge is 2.31. The van der Waals surface area contributed by atoms with Crippen molar-refractivity contribution in [2.45, 2.75) is 19.3 Å². The molecule has 1 aromatic carbocycles. The van der Waals surface area contributed by atoms with Gasteiger partial charge in [-0.05, 0) is 18.6 Å². The number of benzene rings is 1. The first-order chi connectivity index (χ1) is 9.62. The molecule has 1 aromatic rings. The zero-order valence-corrected chi connectivity index (χ0v) is 11.9. The molecule has 5 nitrogen and oxygen atoms in total. The molecule has 0 saturated heterocycles. The molecule has 0 N–H and O–H groups in total. The maximum absolute atomic E-state index is 12.5. The lowest BCUT2D eigenvalue weighted by atomic mass is 9.95. The Balaban J connectivity index is 2.41. The fraction of sp³-hybridized carbons (Fsp3) is 0.467. The van der Waals surface area contributed by atoms with E-state index in [1.165, 1.54) is 21.3 Å². The molecule has 0 aliphatic heterocycles. The summed E-state index contributed by atoms with van der Waals surface area (Å²) in [7, 11) is 4.50. The molecular formula is C15H18O5. The molecule has 0 heterocycles. The minimum Gasteiger partial charge on any atom is -0.493 e. The molecule has 1 unspecified atom stereocenters. The van der Waals surface area contributed by atoms with Crippen molar-refractivity contribution in [3.05, 3.63) is 17.7 Å². The van der Waals surface area contributed by atoms with E-state index in [-0.39, 0.29) is 17.5 Å². The molecule has 0 radical (unpaired) electrons. The minimum absolute atomic E-state index is 0.0753. The van der Waals surface area contributed by atoms with E-state index in [1.807, 2.05) is 0 Å². The Morgan fingerprint density at radius 3 is 2.30 bits per heavy atom. The molecule has 0 amide bonds. The highest BCUT2D eigenvalue weighted by molar-refractivity contribution is 6.04. The zero-order valence-electron chi connectivity index (χ0n) is 11.9. The van der Waals surface area contributed by atoms with Crippen molar-refractivity contribution in [3.63, 3.8) is 0 Å². The highest BCUT2D eigenvalue weighted by Crippen LogP contribution is 2.41. The average molecular weight is 278 g/mol. The van der Waals surface area contributed by atoms with Gasteiger partial charge in [0.15, 0.2) is 17.3 Å². The lowest BCUT2D eigenvalue weighted by Gasteiger charge is -2.16. The van der Waals surface area contributed by atoms with Crippen LogP contribution in [0.3, 0.4) is 0 Å². The lowest BCUT2D eigenvalue weighted by Crippen LogP contribution is -2.13. The molecule has 0 spiro atoms. The number of carbonyl (C=O) groups is 2. The topological polar surface area (TPSA) is 61.8 Å². The van der Waals surface area contributed by atoms with Gasteiger partial charge in [0.1, 0.15) is 5.78 Å². The predicted molar refractivity (Wildman–Crippen MR) is 72.8 cm³/mol. The smallest absolute Gasteiger partial charge is 0.204 e. The average Bonchev–Trinajstić information content (AvgIpc) is 2.91. The van der Waals surface area contributed by atoms with Gasteiger partial charge in [0, 0.05) is 18.8 Å². The Labute approximate surface area is 117 Å². The Bertz CT molecular complexity index is 535. The highest BCUT2D eigenvalue weighted by atomic mass is 16.5. The van der Waals surface area contributed by atoms with Gasteiger partial charge in [0.25, 0.3) is 0 Å². The standard InChI is InChI=1S/C15H18O5/c1-18-12-7-6-11(14(19-2)15(12)20-3)13(17)9-4-5-10(16)8-9/h6-7,9H,4-5,8H2,1-3H3. The van der Waals surface area contributed by atoms with Gasteiger partial charge >= 0.3 is 0 Å². The number of carbonyl (C=O) groups excluding carboxylic acids is 2. The van der Waals surface area contributed by atoms with Crippen LogP contribution in [0.2, 0.25) is 0 Å². The van der Waals surface area contributed by atoms with Crippen LogP contribution in [0.1, 0.15) is 29.6 Å². The first-order valence-corrected chi connectivity index (χ1v) is 6.47. The van der Waals surface area contributed by atoms with Gasteiger partial charge in [-0.15, -0.1) is 0 Å². The molecule has 1 fully saturated rings. The van der Waals surface area contributed by atoms with Gasteiger partial charge in [-0.25, -0.2) is 0 Å². The summed E-state index contributed by atoms with van der Waals surface area (Å²) in [5, 5.41) is 0. The third kappa shape index (κ3) is 2.48. The maximum Gasteiger partial charge on any atom is 0.204 e. The molecule has 1 saturated carbocycles. The van der Waals surface area contributed by atoms with Gasteiger partial charge in [0.2, 0.25) is 5.75 Å². The molecule has 5 heteroatoms. The second-order valence-corrected chi connectivity index (χ2v) is 4.72. The van der Waals surface area contributed by atoms with Gasteiger partial charge in [-0.3, -0.25) is 9.59 Å². The molecule has 1 aliphatic rings. The predicted octanol–water partition coefficient (Wildman–Crippen LogP) is 2.26. The van der Waals surface area contributed by atoms with E-state index in [4.69, 9.17) is 14.2 Å². The Morgan fingerprint density at radius 2 is 1.80 bits per heavy atom. The third-order valence-electron chi connectivity index (χ3n) is 3.59. The van der Waals surface area contributed by atoms with E-state index >= 15 is 0 Å². The number of methoxy groups -OCH3 is 3. The number of hydrogen-bond acceptors (Lipinski definition) is 5. The quantitative estimate of drug-likeness (QED) is 0.773. The van der Waals surface area contributed by atoms with Gasteiger partial charge in [-0.1, -0.05) is 0 Å². The molecule has 1 aliphatic carbocycles. The molecule has 108 valence electrons. The minimum atomic E-state index is -0.255. The summed E-state index contributed by atoms with van der Waals surface area (Å²) in [6.07, 6.45) is 1.40. The number of hydrogen-bond donors (Lipinski definition) is 0. The van der Waals surface area contributed by atoms with Gasteiger partial charge in [-0.2, -0.15) is 0 Å². The fourth-order valence-corrected chi connectivity index (χ4v) is 2.55. The van der Waals surface area contributed by atoms with Crippen molar-refractivity contribution in [1.29, 1.82) is 0 Å². The van der Waals surface area contributed by atoms with Gasteiger partial charge in [0.05, 0.1) is 26.9 Å². The summed E-state index contributed by atoms with van der Waals surface area (Å²) >= 11 is 0. The van der Waals surface area contributed by atoms with E-state index in [1.54, 1.807) is 12.1 Å². The monoisotopic (exact) mass is 278 g/mol. The molecule has 0 bridgehead atoms. The summed E-state index contributed by atoms with van der Waals surface area (Å²) in [6.45, 7) is 0. The van der Waals surface area contributed by atoms with Crippen molar-refractivity contribution in [2.24, 2.45) is 5.92 Å². The van der Waals surface area contributed by atoms with Crippen LogP contribution in [-0.2, 0) is 4.79 Å². The summed E-state index contributed by atoms with van der Waals surface area (Å²) in [4.78, 5) is 23.9. The van der Waals surface area contributed by atoms with Crippen LogP contribution in [0.4, 0.5) is 0 Å². The molecule has 2 rings (SSSR count). The zero-order chi connectivity index (χ0) is 14.7. The van der Waals surface area contributed by atoms with Crippen molar-refractivity contribution in [2.75, 3.05) is 21.3 Å². The third-order valence-corrected chi connectivity index (χ3v) is 3.59. The first-order valence-electron chi connectivity index (χ1n) is 6.47. The largest absolute Gasteiger partial charge is 0.493 e. The Kier molecular flexibility index (Phi) is 4.27. The van der Waals surface area contributed by atoms with Crippen LogP contribution in [-0.4, -0.2) is 32.9 Å². The van der Waals surface area contributed by atoms with Crippen LogP contribution in [0.5, 0.6) is 17.2 Å². The van der Waals surface area contributed by atoms with Crippen molar-refractivity contribution in [3.8, 4) is 17.2 Å². The summed E-state index contributed by atoms with van der Waals surface area (Å²) in [5.74, 6) is 1.07. The van der Waals surface area contributed by atoms with Crippen LogP contribution in [0, 0.1) is 5.92 Å². The number of ketones is 2. The molecular weight excluding hydrogens is 260 g/mol. The fourth-order valence-electron chi connectivity index (χ4n) is 2.55. The molecule has 0 aromatic heterocycles. The van der Waals surface area contributed by atoms with E-state index in [0.717, 1.165) is 0 Å². The van der Waals surface area contributed by atoms with E-state index in [0.29, 0.717) is 42.1 Å². The van der Waals surface area contributed by atoms with Crippen molar-refractivity contribution < 1.29 is 23.8 Å². The summed E-state index contributed by atoms with van der Waals surface area (Å²) < 4.78 is 15.8. The Morgan fingerprint density at radius 1 is 1.10 bits per heavy atom. The van der Waals surface area contributed by atoms with Crippen LogP contribution >= 0.6 is 0 Å². The maximum atomic E-state index is 12.5. The van der Waals surface area contributed by atoms with Crippen LogP contribution in [0.15, 0.2) is 12.1 Å². The number of ether oxygens (including phenoxy) is 3. The van der Waals surface area contributed by atoms with Crippen LogP contribution < -0.4 is 14.2 Å².